The average molecular weight is 396 g/mol. The van der Waals surface area contributed by atoms with Crippen LogP contribution in [-0.4, -0.2) is 47.6 Å². The molecule has 0 bridgehead atoms. The number of nitrogens with zero attached hydrogens (tertiary/aromatic N) is 4. The minimum absolute atomic E-state index is 0.0517. The van der Waals surface area contributed by atoms with Crippen LogP contribution in [0.5, 0.6) is 0 Å². The van der Waals surface area contributed by atoms with Crippen molar-refractivity contribution in [2.75, 3.05) is 42.9 Å². The molecule has 2 heterocycles. The number of nitro benzene ring substituents is 1. The van der Waals surface area contributed by atoms with Gasteiger partial charge in [-0.05, 0) is 30.2 Å². The van der Waals surface area contributed by atoms with Crippen molar-refractivity contribution in [1.82, 2.24) is 15.3 Å². The lowest BCUT2D eigenvalue weighted by atomic mass is 10.1. The van der Waals surface area contributed by atoms with E-state index >= 15 is 0 Å². The molecule has 8 nitrogen and oxygen atoms in total. The zero-order chi connectivity index (χ0) is 20.2. The maximum Gasteiger partial charge on any atom is 0.293 e. The van der Waals surface area contributed by atoms with Gasteiger partial charge in [0.15, 0.2) is 0 Å². The van der Waals surface area contributed by atoms with Gasteiger partial charge in [0.1, 0.15) is 23.6 Å². The van der Waals surface area contributed by atoms with Crippen molar-refractivity contribution in [2.45, 2.75) is 6.42 Å². The number of hydrogen-bond acceptors (Lipinski definition) is 7. The van der Waals surface area contributed by atoms with Crippen LogP contribution in [0.4, 0.5) is 21.6 Å². The van der Waals surface area contributed by atoms with Gasteiger partial charge in [0, 0.05) is 44.2 Å². The number of nitro groups is 1. The highest BCUT2D eigenvalue weighted by molar-refractivity contribution is 5.94. The minimum atomic E-state index is -0.355. The Morgan fingerprint density at radius 3 is 2.66 bits per heavy atom. The molecule has 1 saturated heterocycles. The summed E-state index contributed by atoms with van der Waals surface area (Å²) in [6, 6.07) is 9.64. The topological polar surface area (TPSA) is 96.2 Å². The molecule has 0 atom stereocenters. The Hall–Kier alpha value is -3.33. The van der Waals surface area contributed by atoms with E-state index in [-0.39, 0.29) is 16.4 Å². The lowest BCUT2D eigenvalue weighted by Gasteiger charge is -2.29. The predicted molar refractivity (Wildman–Crippen MR) is 110 cm³/mol. The molecular weight excluding hydrogens is 375 g/mol. The Balaban J connectivity index is 1.60. The predicted octanol–water partition coefficient (Wildman–Crippen LogP) is 2.74. The Kier molecular flexibility index (Phi) is 5.48. The highest BCUT2D eigenvalue weighted by Crippen LogP contribution is 2.34. The second-order valence-electron chi connectivity index (χ2n) is 6.88. The van der Waals surface area contributed by atoms with Crippen molar-refractivity contribution in [3.63, 3.8) is 0 Å². The smallest absolute Gasteiger partial charge is 0.293 e. The van der Waals surface area contributed by atoms with Crippen molar-refractivity contribution in [1.29, 1.82) is 0 Å². The summed E-state index contributed by atoms with van der Waals surface area (Å²) in [5.41, 5.74) is 2.28. The molecule has 2 aromatic carbocycles. The maximum absolute atomic E-state index is 13.0. The molecule has 0 radical (unpaired) electrons. The summed E-state index contributed by atoms with van der Waals surface area (Å²) >= 11 is 0. The molecule has 1 aromatic heterocycles. The quantitative estimate of drug-likeness (QED) is 0.488. The number of rotatable bonds is 6. The van der Waals surface area contributed by atoms with Gasteiger partial charge >= 0.3 is 0 Å². The van der Waals surface area contributed by atoms with Gasteiger partial charge in [-0.15, -0.1) is 0 Å². The van der Waals surface area contributed by atoms with E-state index in [4.69, 9.17) is 0 Å². The first-order chi connectivity index (χ1) is 14.1. The van der Waals surface area contributed by atoms with E-state index in [1.807, 2.05) is 4.90 Å². The zero-order valence-corrected chi connectivity index (χ0v) is 15.8. The Labute approximate surface area is 166 Å². The van der Waals surface area contributed by atoms with E-state index in [1.54, 1.807) is 24.3 Å². The molecule has 9 heteroatoms. The van der Waals surface area contributed by atoms with Crippen LogP contribution in [0.25, 0.3) is 10.9 Å². The first-order valence-electron chi connectivity index (χ1n) is 9.49. The standard InChI is InChI=1S/C20H21FN6O2/c21-15-3-1-14(2-4-15)5-6-23-20-16-11-19(27(28)29)18(12-17(16)24-13-25-20)26-9-7-22-8-10-26/h1-4,11-13,22H,5-10H2,(H,23,24,25). The van der Waals surface area contributed by atoms with Crippen LogP contribution in [0, 0.1) is 15.9 Å². The second kappa shape index (κ2) is 8.36. The molecule has 1 fully saturated rings. The summed E-state index contributed by atoms with van der Waals surface area (Å²) in [5, 5.41) is 18.8. The molecule has 2 N–H and O–H groups in total. The maximum atomic E-state index is 13.0. The van der Waals surface area contributed by atoms with Gasteiger partial charge in [-0.25, -0.2) is 14.4 Å². The lowest BCUT2D eigenvalue weighted by Crippen LogP contribution is -2.43. The van der Waals surface area contributed by atoms with E-state index < -0.39 is 0 Å². The number of halogens is 1. The summed E-state index contributed by atoms with van der Waals surface area (Å²) in [6.45, 7) is 3.55. The number of aromatic nitrogens is 2. The first-order valence-corrected chi connectivity index (χ1v) is 9.49. The van der Waals surface area contributed by atoms with Gasteiger partial charge in [0.05, 0.1) is 10.4 Å². The number of anilines is 2. The van der Waals surface area contributed by atoms with Crippen molar-refractivity contribution in [3.05, 3.63) is 64.2 Å². The Morgan fingerprint density at radius 2 is 1.93 bits per heavy atom. The number of hydrogen-bond donors (Lipinski definition) is 2. The minimum Gasteiger partial charge on any atom is -0.369 e. The number of piperazine rings is 1. The van der Waals surface area contributed by atoms with Crippen LogP contribution in [0.15, 0.2) is 42.7 Å². The molecular formula is C20H21FN6O2. The van der Waals surface area contributed by atoms with Gasteiger partial charge in [-0.3, -0.25) is 10.1 Å². The Bertz CT molecular complexity index is 1020. The average Bonchev–Trinajstić information content (AvgIpc) is 2.75. The van der Waals surface area contributed by atoms with Gasteiger partial charge in [0.25, 0.3) is 5.69 Å². The fraction of sp³-hybridized carbons (Fsp3) is 0.300. The molecule has 0 saturated carbocycles. The van der Waals surface area contributed by atoms with Crippen LogP contribution in [-0.2, 0) is 6.42 Å². The number of fused-ring (bicyclic) bond motifs is 1. The van der Waals surface area contributed by atoms with Gasteiger partial charge in [0.2, 0.25) is 0 Å². The fourth-order valence-electron chi connectivity index (χ4n) is 3.50. The molecule has 0 aliphatic carbocycles. The first kappa shape index (κ1) is 19.0. The van der Waals surface area contributed by atoms with Crippen molar-refractivity contribution in [3.8, 4) is 0 Å². The van der Waals surface area contributed by atoms with E-state index in [0.29, 0.717) is 48.5 Å². The number of nitrogens with one attached hydrogen (secondary N) is 2. The molecule has 29 heavy (non-hydrogen) atoms. The number of benzene rings is 2. The molecule has 4 rings (SSSR count). The van der Waals surface area contributed by atoms with E-state index in [0.717, 1.165) is 18.7 Å². The third-order valence-corrected chi connectivity index (χ3v) is 5.01. The Morgan fingerprint density at radius 1 is 1.17 bits per heavy atom. The van der Waals surface area contributed by atoms with Crippen LogP contribution in [0.1, 0.15) is 5.56 Å². The van der Waals surface area contributed by atoms with Crippen LogP contribution in [0.2, 0.25) is 0 Å². The third-order valence-electron chi connectivity index (χ3n) is 5.01. The molecule has 1 aliphatic rings. The van der Waals surface area contributed by atoms with Crippen LogP contribution < -0.4 is 15.5 Å². The van der Waals surface area contributed by atoms with Crippen molar-refractivity contribution >= 4 is 28.1 Å². The largest absolute Gasteiger partial charge is 0.369 e. The van der Waals surface area contributed by atoms with Gasteiger partial charge in [-0.1, -0.05) is 12.1 Å². The molecule has 0 unspecified atom stereocenters. The SMILES string of the molecule is O=[N+]([O-])c1cc2c(NCCc3ccc(F)cc3)ncnc2cc1N1CCNCC1. The van der Waals surface area contributed by atoms with E-state index in [2.05, 4.69) is 20.6 Å². The molecule has 0 spiro atoms. The van der Waals surface area contributed by atoms with Gasteiger partial charge in [-0.2, -0.15) is 0 Å². The van der Waals surface area contributed by atoms with Gasteiger partial charge < -0.3 is 15.5 Å². The van der Waals surface area contributed by atoms with Crippen molar-refractivity contribution in [2.24, 2.45) is 0 Å². The fourth-order valence-corrected chi connectivity index (χ4v) is 3.50. The summed E-state index contributed by atoms with van der Waals surface area (Å²) in [7, 11) is 0. The molecule has 0 amide bonds. The van der Waals surface area contributed by atoms with E-state index in [1.165, 1.54) is 18.5 Å². The molecule has 1 aliphatic heterocycles. The summed E-state index contributed by atoms with van der Waals surface area (Å²) in [6.07, 6.45) is 2.13. The zero-order valence-electron chi connectivity index (χ0n) is 15.8. The second-order valence-corrected chi connectivity index (χ2v) is 6.88. The highest BCUT2D eigenvalue weighted by Gasteiger charge is 2.23. The summed E-state index contributed by atoms with van der Waals surface area (Å²) in [4.78, 5) is 22.0. The summed E-state index contributed by atoms with van der Waals surface area (Å²) in [5.74, 6) is 0.281. The third kappa shape index (κ3) is 4.24. The monoisotopic (exact) mass is 396 g/mol. The molecule has 150 valence electrons. The highest BCUT2D eigenvalue weighted by atomic mass is 19.1. The van der Waals surface area contributed by atoms with Crippen LogP contribution >= 0.6 is 0 Å². The normalized spacial score (nSPS) is 14.2. The molecule has 3 aromatic rings. The summed E-state index contributed by atoms with van der Waals surface area (Å²) < 4.78 is 13.0. The van der Waals surface area contributed by atoms with Crippen molar-refractivity contribution < 1.29 is 9.31 Å². The van der Waals surface area contributed by atoms with Crippen LogP contribution in [0.3, 0.4) is 0 Å². The van der Waals surface area contributed by atoms with E-state index in [9.17, 15) is 14.5 Å². The lowest BCUT2D eigenvalue weighted by molar-refractivity contribution is -0.384.